The zero-order valence-electron chi connectivity index (χ0n) is 12.9. The van der Waals surface area contributed by atoms with E-state index in [0.717, 1.165) is 0 Å². The minimum absolute atomic E-state index is 0.0906. The molecular weight excluding hydrogens is 310 g/mol. The SMILES string of the molecule is Cc1cc(CNC(=O)c2cc(C(N)=O)n(-c3ccccc3)n2)no1. The van der Waals surface area contributed by atoms with Crippen LogP contribution in [0.25, 0.3) is 5.69 Å². The Kier molecular flexibility index (Phi) is 4.11. The van der Waals surface area contributed by atoms with Gasteiger partial charge < -0.3 is 15.6 Å². The van der Waals surface area contributed by atoms with Crippen LogP contribution in [0.3, 0.4) is 0 Å². The minimum atomic E-state index is -0.669. The predicted octanol–water partition coefficient (Wildman–Crippen LogP) is 1.20. The monoisotopic (exact) mass is 325 g/mol. The van der Waals surface area contributed by atoms with Crippen LogP contribution < -0.4 is 11.1 Å². The van der Waals surface area contributed by atoms with Crippen LogP contribution in [-0.4, -0.2) is 26.8 Å². The summed E-state index contributed by atoms with van der Waals surface area (Å²) in [4.78, 5) is 23.9. The molecule has 0 unspecified atom stereocenters. The Hall–Kier alpha value is -3.42. The van der Waals surface area contributed by atoms with E-state index in [2.05, 4.69) is 15.6 Å². The molecular formula is C16H15N5O3. The molecule has 3 rings (SSSR count). The molecule has 0 aliphatic rings. The lowest BCUT2D eigenvalue weighted by atomic mass is 10.3. The molecule has 3 aromatic rings. The number of rotatable bonds is 5. The molecule has 2 heterocycles. The zero-order valence-corrected chi connectivity index (χ0v) is 12.9. The van der Waals surface area contributed by atoms with E-state index in [0.29, 0.717) is 17.1 Å². The topological polar surface area (TPSA) is 116 Å². The first-order valence-corrected chi connectivity index (χ1v) is 7.20. The van der Waals surface area contributed by atoms with Gasteiger partial charge >= 0.3 is 0 Å². The molecule has 1 aromatic carbocycles. The highest BCUT2D eigenvalue weighted by molar-refractivity contribution is 5.97. The van der Waals surface area contributed by atoms with Crippen LogP contribution in [0, 0.1) is 6.92 Å². The molecule has 0 fully saturated rings. The Balaban J connectivity index is 1.83. The van der Waals surface area contributed by atoms with Crippen molar-refractivity contribution in [2.45, 2.75) is 13.5 Å². The number of aromatic nitrogens is 3. The van der Waals surface area contributed by atoms with Gasteiger partial charge in [-0.2, -0.15) is 5.10 Å². The van der Waals surface area contributed by atoms with Gasteiger partial charge in [-0.15, -0.1) is 0 Å². The molecule has 0 radical (unpaired) electrons. The van der Waals surface area contributed by atoms with Gasteiger partial charge in [-0.05, 0) is 19.1 Å². The van der Waals surface area contributed by atoms with E-state index in [1.807, 2.05) is 6.07 Å². The van der Waals surface area contributed by atoms with Gasteiger partial charge in [-0.25, -0.2) is 4.68 Å². The van der Waals surface area contributed by atoms with Gasteiger partial charge in [0.1, 0.15) is 17.1 Å². The molecule has 0 saturated carbocycles. The number of hydrogen-bond acceptors (Lipinski definition) is 5. The fourth-order valence-corrected chi connectivity index (χ4v) is 2.20. The van der Waals surface area contributed by atoms with E-state index in [-0.39, 0.29) is 17.9 Å². The second-order valence-electron chi connectivity index (χ2n) is 5.14. The number of benzene rings is 1. The third kappa shape index (κ3) is 3.17. The van der Waals surface area contributed by atoms with Crippen LogP contribution in [0.5, 0.6) is 0 Å². The summed E-state index contributed by atoms with van der Waals surface area (Å²) in [5.74, 6) is -0.450. The summed E-state index contributed by atoms with van der Waals surface area (Å²) < 4.78 is 6.28. The third-order valence-corrected chi connectivity index (χ3v) is 3.30. The Morgan fingerprint density at radius 3 is 2.62 bits per heavy atom. The summed E-state index contributed by atoms with van der Waals surface area (Å²) in [6, 6.07) is 12.0. The normalized spacial score (nSPS) is 10.5. The van der Waals surface area contributed by atoms with Crippen molar-refractivity contribution in [1.82, 2.24) is 20.3 Å². The molecule has 2 amide bonds. The number of carbonyl (C=O) groups is 2. The van der Waals surface area contributed by atoms with Crippen molar-refractivity contribution in [3.8, 4) is 5.69 Å². The maximum Gasteiger partial charge on any atom is 0.272 e. The van der Waals surface area contributed by atoms with Crippen molar-refractivity contribution in [3.05, 3.63) is 65.3 Å². The van der Waals surface area contributed by atoms with E-state index in [9.17, 15) is 9.59 Å². The summed E-state index contributed by atoms with van der Waals surface area (Å²) >= 11 is 0. The first kappa shape index (κ1) is 15.5. The number of nitrogens with two attached hydrogens (primary N) is 1. The van der Waals surface area contributed by atoms with Gasteiger partial charge in [0.25, 0.3) is 11.8 Å². The molecule has 8 heteroatoms. The van der Waals surface area contributed by atoms with Crippen LogP contribution in [0.4, 0.5) is 0 Å². The van der Waals surface area contributed by atoms with E-state index < -0.39 is 11.8 Å². The molecule has 0 atom stereocenters. The summed E-state index contributed by atoms with van der Waals surface area (Å²) in [6.07, 6.45) is 0. The molecule has 2 aromatic heterocycles. The van der Waals surface area contributed by atoms with Gasteiger partial charge in [0.15, 0.2) is 5.69 Å². The number of nitrogens with one attached hydrogen (secondary N) is 1. The van der Waals surface area contributed by atoms with Crippen molar-refractivity contribution in [2.75, 3.05) is 0 Å². The molecule has 24 heavy (non-hydrogen) atoms. The van der Waals surface area contributed by atoms with Gasteiger partial charge in [-0.1, -0.05) is 23.4 Å². The Morgan fingerprint density at radius 2 is 2.00 bits per heavy atom. The Bertz CT molecular complexity index is 882. The molecule has 122 valence electrons. The molecule has 8 nitrogen and oxygen atoms in total. The minimum Gasteiger partial charge on any atom is -0.364 e. The molecule has 0 saturated heterocycles. The van der Waals surface area contributed by atoms with E-state index in [4.69, 9.17) is 10.3 Å². The number of hydrogen-bond donors (Lipinski definition) is 2. The number of carbonyl (C=O) groups excluding carboxylic acids is 2. The highest BCUT2D eigenvalue weighted by Gasteiger charge is 2.18. The van der Waals surface area contributed by atoms with Crippen LogP contribution in [-0.2, 0) is 6.54 Å². The van der Waals surface area contributed by atoms with Crippen molar-refractivity contribution in [3.63, 3.8) is 0 Å². The summed E-state index contributed by atoms with van der Waals surface area (Å²) in [7, 11) is 0. The van der Waals surface area contributed by atoms with Crippen molar-refractivity contribution >= 4 is 11.8 Å². The van der Waals surface area contributed by atoms with Gasteiger partial charge in [0.05, 0.1) is 12.2 Å². The van der Waals surface area contributed by atoms with Gasteiger partial charge in [-0.3, -0.25) is 9.59 Å². The third-order valence-electron chi connectivity index (χ3n) is 3.30. The fraction of sp³-hybridized carbons (Fsp3) is 0.125. The van der Waals surface area contributed by atoms with Crippen molar-refractivity contribution < 1.29 is 14.1 Å². The molecule has 0 aliphatic carbocycles. The predicted molar refractivity (Wildman–Crippen MR) is 84.5 cm³/mol. The lowest BCUT2D eigenvalue weighted by Gasteiger charge is -2.03. The van der Waals surface area contributed by atoms with Crippen LogP contribution >= 0.6 is 0 Å². The average molecular weight is 325 g/mol. The van der Waals surface area contributed by atoms with E-state index in [1.165, 1.54) is 10.7 Å². The summed E-state index contributed by atoms with van der Waals surface area (Å²) in [5.41, 5.74) is 6.83. The van der Waals surface area contributed by atoms with Crippen LogP contribution in [0.1, 0.15) is 32.4 Å². The zero-order chi connectivity index (χ0) is 17.1. The first-order chi connectivity index (χ1) is 11.5. The number of amides is 2. The smallest absolute Gasteiger partial charge is 0.272 e. The molecule has 3 N–H and O–H groups in total. The maximum atomic E-state index is 12.2. The van der Waals surface area contributed by atoms with E-state index in [1.54, 1.807) is 37.3 Å². The maximum absolute atomic E-state index is 12.2. The summed E-state index contributed by atoms with van der Waals surface area (Å²) in [5, 5.41) is 10.6. The Labute approximate surface area is 137 Å². The quantitative estimate of drug-likeness (QED) is 0.731. The Morgan fingerprint density at radius 1 is 1.25 bits per heavy atom. The molecule has 0 spiro atoms. The molecule has 0 bridgehead atoms. The number of para-hydroxylation sites is 1. The fourth-order valence-electron chi connectivity index (χ4n) is 2.20. The summed E-state index contributed by atoms with van der Waals surface area (Å²) in [6.45, 7) is 1.96. The highest BCUT2D eigenvalue weighted by Crippen LogP contribution is 2.12. The van der Waals surface area contributed by atoms with Crippen molar-refractivity contribution in [1.29, 1.82) is 0 Å². The average Bonchev–Trinajstić information content (AvgIpc) is 3.20. The second-order valence-corrected chi connectivity index (χ2v) is 5.14. The number of aryl methyl sites for hydroxylation is 1. The number of nitrogens with zero attached hydrogens (tertiary/aromatic N) is 3. The lowest BCUT2D eigenvalue weighted by Crippen LogP contribution is -2.23. The number of primary amides is 1. The second kappa shape index (κ2) is 6.37. The first-order valence-electron chi connectivity index (χ1n) is 7.20. The van der Waals surface area contributed by atoms with Crippen LogP contribution in [0.15, 0.2) is 47.0 Å². The van der Waals surface area contributed by atoms with Crippen LogP contribution in [0.2, 0.25) is 0 Å². The highest BCUT2D eigenvalue weighted by atomic mass is 16.5. The molecule has 0 aliphatic heterocycles. The van der Waals surface area contributed by atoms with E-state index >= 15 is 0 Å². The largest absolute Gasteiger partial charge is 0.364 e. The lowest BCUT2D eigenvalue weighted by molar-refractivity contribution is 0.0943. The van der Waals surface area contributed by atoms with Gasteiger partial charge in [0, 0.05) is 12.1 Å². The standard InChI is InChI=1S/C16H15N5O3/c1-10-7-11(20-24-10)9-18-16(23)13-8-14(15(17)22)21(19-13)12-5-3-2-4-6-12/h2-8H,9H2,1H3,(H2,17,22)(H,18,23). The van der Waals surface area contributed by atoms with Gasteiger partial charge in [0.2, 0.25) is 0 Å². The van der Waals surface area contributed by atoms with Crippen molar-refractivity contribution in [2.24, 2.45) is 5.73 Å².